The smallest absolute Gasteiger partial charge is 0.323 e. The Morgan fingerprint density at radius 2 is 1.67 bits per heavy atom. The fourth-order valence-electron chi connectivity index (χ4n) is 3.67. The van der Waals surface area contributed by atoms with Crippen molar-refractivity contribution in [2.45, 2.75) is 36.4 Å². The number of benzene rings is 2. The molecule has 0 radical (unpaired) electrons. The Labute approximate surface area is 154 Å². The normalized spacial score (nSPS) is 17.6. The van der Waals surface area contributed by atoms with Crippen molar-refractivity contribution in [2.24, 2.45) is 0 Å². The van der Waals surface area contributed by atoms with Crippen molar-refractivity contribution in [1.82, 2.24) is 9.97 Å². The number of hydrogen-bond donors (Lipinski definition) is 3. The fraction of sp³-hybridized carbons (Fsp3) is 0.278. The molecule has 2 heterocycles. The lowest BCUT2D eigenvalue weighted by Crippen LogP contribution is -2.34. The van der Waals surface area contributed by atoms with Crippen LogP contribution >= 0.6 is 0 Å². The zero-order chi connectivity index (χ0) is 18.6. The van der Waals surface area contributed by atoms with E-state index in [1.54, 1.807) is 24.3 Å². The van der Waals surface area contributed by atoms with Crippen LogP contribution in [0.25, 0.3) is 11.0 Å². The van der Waals surface area contributed by atoms with Crippen molar-refractivity contribution in [3.05, 3.63) is 46.9 Å². The zero-order valence-corrected chi connectivity index (χ0v) is 15.1. The Morgan fingerprint density at radius 1 is 0.926 bits per heavy atom. The Morgan fingerprint density at radius 3 is 2.48 bits per heavy atom. The quantitative estimate of drug-likeness (QED) is 0.639. The number of nitrogens with one attached hydrogen (secondary N) is 3. The van der Waals surface area contributed by atoms with E-state index >= 15 is 0 Å². The molecule has 0 atom stereocenters. The molecular weight excluding hydrogens is 370 g/mol. The maximum Gasteiger partial charge on any atom is 0.323 e. The van der Waals surface area contributed by atoms with Gasteiger partial charge in [-0.3, -0.25) is 4.72 Å². The summed E-state index contributed by atoms with van der Waals surface area (Å²) in [5.41, 5.74) is 0.972. The number of H-pyrrole nitrogens is 2. The highest BCUT2D eigenvalue weighted by Gasteiger charge is 2.44. The monoisotopic (exact) mass is 387 g/mol. The molecular formula is C18H17N3O5S. The second-order valence-corrected chi connectivity index (χ2v) is 8.56. The average Bonchev–Trinajstić information content (AvgIpc) is 3.31. The zero-order valence-electron chi connectivity index (χ0n) is 14.2. The molecule has 1 aliphatic heterocycles. The molecule has 3 aromatic rings. The van der Waals surface area contributed by atoms with Crippen LogP contribution < -0.4 is 19.9 Å². The Hall–Kier alpha value is -2.94. The molecule has 1 aliphatic carbocycles. The lowest BCUT2D eigenvalue weighted by atomic mass is 10.2. The van der Waals surface area contributed by atoms with E-state index < -0.39 is 15.8 Å². The number of aromatic amines is 2. The van der Waals surface area contributed by atoms with Gasteiger partial charge in [-0.1, -0.05) is 0 Å². The summed E-state index contributed by atoms with van der Waals surface area (Å²) in [6.45, 7) is 0. The summed E-state index contributed by atoms with van der Waals surface area (Å²) < 4.78 is 39.9. The molecule has 1 spiro atoms. The molecule has 1 saturated carbocycles. The molecule has 2 aliphatic rings. The van der Waals surface area contributed by atoms with Crippen molar-refractivity contribution in [2.75, 3.05) is 4.72 Å². The predicted molar refractivity (Wildman–Crippen MR) is 98.6 cm³/mol. The second-order valence-electron chi connectivity index (χ2n) is 6.88. The lowest BCUT2D eigenvalue weighted by molar-refractivity contribution is -0.0716. The van der Waals surface area contributed by atoms with Gasteiger partial charge in [-0.2, -0.15) is 0 Å². The lowest BCUT2D eigenvalue weighted by Gasteiger charge is -2.21. The van der Waals surface area contributed by atoms with Gasteiger partial charge < -0.3 is 19.4 Å². The summed E-state index contributed by atoms with van der Waals surface area (Å²) in [4.78, 5) is 16.5. The second kappa shape index (κ2) is 5.53. The van der Waals surface area contributed by atoms with Gasteiger partial charge >= 0.3 is 5.69 Å². The Bertz CT molecular complexity index is 1210. The number of imidazole rings is 1. The number of aromatic nitrogens is 2. The summed E-state index contributed by atoms with van der Waals surface area (Å²) >= 11 is 0. The number of sulfonamides is 1. The summed E-state index contributed by atoms with van der Waals surface area (Å²) in [6, 6.07) is 9.39. The van der Waals surface area contributed by atoms with Crippen molar-refractivity contribution in [3.63, 3.8) is 0 Å². The molecule has 1 aromatic heterocycles. The molecule has 8 nitrogen and oxygen atoms in total. The number of ether oxygens (including phenoxy) is 2. The largest absolute Gasteiger partial charge is 0.448 e. The van der Waals surface area contributed by atoms with E-state index in [1.807, 2.05) is 0 Å². The first-order valence-electron chi connectivity index (χ1n) is 8.70. The van der Waals surface area contributed by atoms with Gasteiger partial charge in [0.15, 0.2) is 11.5 Å². The van der Waals surface area contributed by atoms with Gasteiger partial charge in [0.1, 0.15) is 0 Å². The molecule has 3 N–H and O–H groups in total. The SMILES string of the molecule is O=c1[nH]c2ccc(S(=O)(=O)Nc3ccc4c(c3)OC3(CCCC3)O4)cc2[nH]1. The van der Waals surface area contributed by atoms with E-state index in [1.165, 1.54) is 12.1 Å². The van der Waals surface area contributed by atoms with Gasteiger partial charge in [0.2, 0.25) is 0 Å². The first kappa shape index (κ1) is 16.2. The molecule has 2 aromatic carbocycles. The van der Waals surface area contributed by atoms with E-state index in [9.17, 15) is 13.2 Å². The van der Waals surface area contributed by atoms with Crippen LogP contribution in [-0.4, -0.2) is 24.2 Å². The van der Waals surface area contributed by atoms with Crippen LogP contribution in [-0.2, 0) is 10.0 Å². The van der Waals surface area contributed by atoms with Crippen molar-refractivity contribution < 1.29 is 17.9 Å². The van der Waals surface area contributed by atoms with Crippen LogP contribution in [0.5, 0.6) is 11.5 Å². The van der Waals surface area contributed by atoms with E-state index in [-0.39, 0.29) is 10.6 Å². The summed E-state index contributed by atoms with van der Waals surface area (Å²) in [5.74, 6) is 0.582. The minimum atomic E-state index is -3.82. The van der Waals surface area contributed by atoms with Gasteiger partial charge in [-0.25, -0.2) is 13.2 Å². The number of rotatable bonds is 3. The summed E-state index contributed by atoms with van der Waals surface area (Å²) in [7, 11) is -3.82. The van der Waals surface area contributed by atoms with Crippen LogP contribution in [0.2, 0.25) is 0 Å². The fourth-order valence-corrected chi connectivity index (χ4v) is 4.74. The standard InChI is InChI=1S/C18H17N3O5S/c22-17-19-13-5-4-12(10-14(13)20-17)27(23,24)21-11-3-6-15-16(9-11)26-18(25-15)7-1-2-8-18/h3-6,9-10,21H,1-2,7-8H2,(H2,19,20,22). The molecule has 1 fully saturated rings. The van der Waals surface area contributed by atoms with Crippen LogP contribution in [0, 0.1) is 0 Å². The van der Waals surface area contributed by atoms with Gasteiger partial charge in [0, 0.05) is 18.9 Å². The molecule has 0 saturated heterocycles. The number of fused-ring (bicyclic) bond motifs is 2. The highest BCUT2D eigenvalue weighted by atomic mass is 32.2. The van der Waals surface area contributed by atoms with Gasteiger partial charge in [0.25, 0.3) is 15.8 Å². The molecule has 27 heavy (non-hydrogen) atoms. The number of anilines is 1. The van der Waals surface area contributed by atoms with Crippen LogP contribution in [0.3, 0.4) is 0 Å². The van der Waals surface area contributed by atoms with Crippen LogP contribution in [0.1, 0.15) is 25.7 Å². The van der Waals surface area contributed by atoms with Crippen molar-refractivity contribution in [3.8, 4) is 11.5 Å². The summed E-state index contributed by atoms with van der Waals surface area (Å²) in [5, 5.41) is 0. The van der Waals surface area contributed by atoms with E-state index in [2.05, 4.69) is 14.7 Å². The van der Waals surface area contributed by atoms with Crippen molar-refractivity contribution >= 4 is 26.7 Å². The van der Waals surface area contributed by atoms with Gasteiger partial charge in [0.05, 0.1) is 21.6 Å². The molecule has 5 rings (SSSR count). The maximum absolute atomic E-state index is 12.7. The third-order valence-corrected chi connectivity index (χ3v) is 6.33. The Balaban J connectivity index is 1.43. The maximum atomic E-state index is 12.7. The molecule has 9 heteroatoms. The molecule has 0 unspecified atom stereocenters. The topological polar surface area (TPSA) is 113 Å². The van der Waals surface area contributed by atoms with E-state index in [0.717, 1.165) is 25.7 Å². The molecule has 0 bridgehead atoms. The first-order chi connectivity index (χ1) is 12.9. The molecule has 140 valence electrons. The van der Waals surface area contributed by atoms with Crippen molar-refractivity contribution in [1.29, 1.82) is 0 Å². The van der Waals surface area contributed by atoms with E-state index in [4.69, 9.17) is 9.47 Å². The van der Waals surface area contributed by atoms with Gasteiger partial charge in [-0.15, -0.1) is 0 Å². The van der Waals surface area contributed by atoms with Gasteiger partial charge in [-0.05, 0) is 43.2 Å². The third-order valence-electron chi connectivity index (χ3n) is 4.95. The van der Waals surface area contributed by atoms with Crippen LogP contribution in [0.4, 0.5) is 5.69 Å². The highest BCUT2D eigenvalue weighted by Crippen LogP contribution is 2.47. The molecule has 0 amide bonds. The predicted octanol–water partition coefficient (Wildman–Crippen LogP) is 2.70. The minimum Gasteiger partial charge on any atom is -0.448 e. The number of hydrogen-bond acceptors (Lipinski definition) is 5. The van der Waals surface area contributed by atoms with E-state index in [0.29, 0.717) is 28.2 Å². The third kappa shape index (κ3) is 2.74. The Kier molecular flexibility index (Phi) is 3.33. The van der Waals surface area contributed by atoms with Crippen LogP contribution in [0.15, 0.2) is 46.1 Å². The average molecular weight is 387 g/mol. The minimum absolute atomic E-state index is 0.0511. The highest BCUT2D eigenvalue weighted by molar-refractivity contribution is 7.92. The summed E-state index contributed by atoms with van der Waals surface area (Å²) in [6.07, 6.45) is 3.77. The first-order valence-corrected chi connectivity index (χ1v) is 10.2.